The molecule has 1 aromatic carbocycles. The molecule has 0 saturated carbocycles. The highest BCUT2D eigenvalue weighted by molar-refractivity contribution is 7.99. The number of aryl methyl sites for hydroxylation is 3. The number of fused-ring (bicyclic) bond motifs is 2. The molecule has 152 valence electrons. The van der Waals surface area contributed by atoms with E-state index in [2.05, 4.69) is 20.5 Å². The molecule has 30 heavy (non-hydrogen) atoms. The second-order valence-corrected chi connectivity index (χ2v) is 9.17. The van der Waals surface area contributed by atoms with Gasteiger partial charge in [-0.05, 0) is 54.9 Å². The van der Waals surface area contributed by atoms with Crippen molar-refractivity contribution in [3.8, 4) is 0 Å². The van der Waals surface area contributed by atoms with Crippen LogP contribution in [0.1, 0.15) is 27.5 Å². The van der Waals surface area contributed by atoms with Crippen LogP contribution < -0.4 is 10.9 Å². The van der Waals surface area contributed by atoms with Crippen LogP contribution in [0.5, 0.6) is 0 Å². The van der Waals surface area contributed by atoms with Crippen molar-refractivity contribution in [3.63, 3.8) is 0 Å². The average molecular weight is 439 g/mol. The van der Waals surface area contributed by atoms with Crippen LogP contribution in [-0.4, -0.2) is 30.2 Å². The Morgan fingerprint density at radius 2 is 2.07 bits per heavy atom. The molecule has 1 N–H and O–H groups in total. The SMILES string of the molecule is Cc1c(C(=O)Nc2ccc(Sc3nncn3C)cc2)sc2nc3n(c(=O)c12)CCC3. The smallest absolute Gasteiger partial charge is 0.266 e. The molecule has 0 atom stereocenters. The Morgan fingerprint density at radius 1 is 1.27 bits per heavy atom. The number of anilines is 1. The Morgan fingerprint density at radius 3 is 2.80 bits per heavy atom. The molecular formula is C20H18N6O2S2. The van der Waals surface area contributed by atoms with Crippen LogP contribution >= 0.6 is 23.1 Å². The van der Waals surface area contributed by atoms with Gasteiger partial charge >= 0.3 is 0 Å². The largest absolute Gasteiger partial charge is 0.321 e. The number of benzene rings is 1. The van der Waals surface area contributed by atoms with E-state index < -0.39 is 0 Å². The molecule has 0 spiro atoms. The number of hydrogen-bond acceptors (Lipinski definition) is 7. The van der Waals surface area contributed by atoms with Gasteiger partial charge < -0.3 is 9.88 Å². The van der Waals surface area contributed by atoms with Crippen LogP contribution in [0.25, 0.3) is 10.2 Å². The van der Waals surface area contributed by atoms with Gasteiger partial charge in [0.2, 0.25) is 0 Å². The zero-order chi connectivity index (χ0) is 20.8. The van der Waals surface area contributed by atoms with Crippen molar-refractivity contribution in [2.75, 3.05) is 5.32 Å². The monoisotopic (exact) mass is 438 g/mol. The average Bonchev–Trinajstić information content (AvgIpc) is 3.44. The number of hydrogen-bond donors (Lipinski definition) is 1. The summed E-state index contributed by atoms with van der Waals surface area (Å²) in [5.41, 5.74) is 1.35. The van der Waals surface area contributed by atoms with Crippen molar-refractivity contribution in [2.45, 2.75) is 36.4 Å². The fourth-order valence-electron chi connectivity index (χ4n) is 3.56. The van der Waals surface area contributed by atoms with Crippen LogP contribution in [0.4, 0.5) is 5.69 Å². The normalized spacial score (nSPS) is 13.0. The second kappa shape index (κ2) is 7.37. The third-order valence-electron chi connectivity index (χ3n) is 5.11. The summed E-state index contributed by atoms with van der Waals surface area (Å²) in [6.07, 6.45) is 3.40. The first-order valence-electron chi connectivity index (χ1n) is 9.47. The van der Waals surface area contributed by atoms with Crippen LogP contribution in [0.3, 0.4) is 0 Å². The number of amides is 1. The number of aromatic nitrogens is 5. The summed E-state index contributed by atoms with van der Waals surface area (Å²) < 4.78 is 3.58. The molecule has 5 rings (SSSR count). The molecule has 3 aromatic heterocycles. The van der Waals surface area contributed by atoms with Crippen molar-refractivity contribution in [1.82, 2.24) is 24.3 Å². The fraction of sp³-hybridized carbons (Fsp3) is 0.250. The van der Waals surface area contributed by atoms with Gasteiger partial charge in [0.05, 0.1) is 10.3 Å². The fourth-order valence-corrected chi connectivity index (χ4v) is 5.40. The Labute approximate surface area is 180 Å². The molecule has 4 heterocycles. The quantitative estimate of drug-likeness (QED) is 0.526. The van der Waals surface area contributed by atoms with Crippen molar-refractivity contribution >= 4 is 44.9 Å². The van der Waals surface area contributed by atoms with Gasteiger partial charge in [0.25, 0.3) is 11.5 Å². The number of thiophene rings is 1. The number of nitrogens with zero attached hydrogens (tertiary/aromatic N) is 5. The first kappa shape index (κ1) is 19.0. The van der Waals surface area contributed by atoms with Crippen molar-refractivity contribution in [3.05, 3.63) is 57.2 Å². The standard InChI is InChI=1S/C20H18N6O2S2/c1-11-15-18(23-14-4-3-9-26(14)19(15)28)30-16(11)17(27)22-12-5-7-13(8-6-12)29-20-24-21-10-25(20)2/h5-8,10H,3-4,9H2,1-2H3,(H,22,27). The van der Waals surface area contributed by atoms with Crippen molar-refractivity contribution < 1.29 is 4.79 Å². The zero-order valence-electron chi connectivity index (χ0n) is 16.4. The molecule has 1 aliphatic rings. The first-order valence-corrected chi connectivity index (χ1v) is 11.1. The summed E-state index contributed by atoms with van der Waals surface area (Å²) in [5, 5.41) is 12.2. The Hall–Kier alpha value is -2.98. The molecular weight excluding hydrogens is 420 g/mol. The lowest BCUT2D eigenvalue weighted by Gasteiger charge is -2.06. The maximum atomic E-state index is 12.9. The van der Waals surface area contributed by atoms with E-state index in [4.69, 9.17) is 0 Å². The third kappa shape index (κ3) is 3.21. The van der Waals surface area contributed by atoms with Gasteiger partial charge in [0.1, 0.15) is 17.0 Å². The van der Waals surface area contributed by atoms with Gasteiger partial charge in [-0.3, -0.25) is 14.2 Å². The summed E-state index contributed by atoms with van der Waals surface area (Å²) in [6.45, 7) is 2.52. The highest BCUT2D eigenvalue weighted by Crippen LogP contribution is 2.30. The highest BCUT2D eigenvalue weighted by Gasteiger charge is 2.23. The minimum atomic E-state index is -0.228. The Kier molecular flexibility index (Phi) is 4.67. The lowest BCUT2D eigenvalue weighted by Crippen LogP contribution is -2.20. The molecule has 0 fully saturated rings. The number of nitrogens with one attached hydrogen (secondary N) is 1. The number of rotatable bonds is 4. The maximum Gasteiger partial charge on any atom is 0.266 e. The summed E-state index contributed by atoms with van der Waals surface area (Å²) in [5.74, 6) is 0.588. The molecule has 8 nitrogen and oxygen atoms in total. The molecule has 0 saturated heterocycles. The number of carbonyl (C=O) groups is 1. The summed E-state index contributed by atoms with van der Waals surface area (Å²) in [4.78, 5) is 32.5. The highest BCUT2D eigenvalue weighted by atomic mass is 32.2. The van der Waals surface area contributed by atoms with E-state index in [1.54, 1.807) is 10.9 Å². The van der Waals surface area contributed by atoms with Gasteiger partial charge in [-0.1, -0.05) is 0 Å². The summed E-state index contributed by atoms with van der Waals surface area (Å²) in [6, 6.07) is 7.54. The van der Waals surface area contributed by atoms with Gasteiger partial charge in [0, 0.05) is 30.6 Å². The minimum absolute atomic E-state index is 0.0366. The van der Waals surface area contributed by atoms with Crippen molar-refractivity contribution in [2.24, 2.45) is 7.05 Å². The molecule has 4 aromatic rings. The van der Waals surface area contributed by atoms with E-state index in [1.165, 1.54) is 23.1 Å². The van der Waals surface area contributed by atoms with Gasteiger partial charge in [-0.15, -0.1) is 21.5 Å². The van der Waals surface area contributed by atoms with E-state index in [-0.39, 0.29) is 11.5 Å². The van der Waals surface area contributed by atoms with E-state index in [0.29, 0.717) is 32.9 Å². The minimum Gasteiger partial charge on any atom is -0.321 e. The van der Waals surface area contributed by atoms with Crippen LogP contribution in [-0.2, 0) is 20.0 Å². The molecule has 0 bridgehead atoms. The topological polar surface area (TPSA) is 94.7 Å². The van der Waals surface area contributed by atoms with Gasteiger partial charge in [-0.25, -0.2) is 4.98 Å². The maximum absolute atomic E-state index is 12.9. The van der Waals surface area contributed by atoms with Gasteiger partial charge in [0.15, 0.2) is 5.16 Å². The van der Waals surface area contributed by atoms with E-state index >= 15 is 0 Å². The Bertz CT molecular complexity index is 1340. The number of carbonyl (C=O) groups excluding carboxylic acids is 1. The van der Waals surface area contributed by atoms with Crippen LogP contribution in [0, 0.1) is 6.92 Å². The van der Waals surface area contributed by atoms with Crippen LogP contribution in [0.2, 0.25) is 0 Å². The van der Waals surface area contributed by atoms with E-state index in [9.17, 15) is 9.59 Å². The lowest BCUT2D eigenvalue weighted by molar-refractivity contribution is 0.103. The van der Waals surface area contributed by atoms with Gasteiger partial charge in [-0.2, -0.15) is 0 Å². The molecule has 1 aliphatic heterocycles. The predicted molar refractivity (Wildman–Crippen MR) is 116 cm³/mol. The van der Waals surface area contributed by atoms with E-state index in [1.807, 2.05) is 42.8 Å². The second-order valence-electron chi connectivity index (χ2n) is 7.13. The summed E-state index contributed by atoms with van der Waals surface area (Å²) >= 11 is 2.78. The predicted octanol–water partition coefficient (Wildman–Crippen LogP) is 3.24. The lowest BCUT2D eigenvalue weighted by atomic mass is 10.2. The molecule has 10 heteroatoms. The first-order chi connectivity index (χ1) is 14.5. The molecule has 1 amide bonds. The summed E-state index contributed by atoms with van der Waals surface area (Å²) in [7, 11) is 1.89. The Balaban J connectivity index is 1.38. The molecule has 0 aliphatic carbocycles. The third-order valence-corrected chi connectivity index (χ3v) is 7.35. The zero-order valence-corrected chi connectivity index (χ0v) is 18.0. The van der Waals surface area contributed by atoms with Crippen LogP contribution in [0.15, 0.2) is 45.4 Å². The van der Waals surface area contributed by atoms with Crippen molar-refractivity contribution in [1.29, 1.82) is 0 Å². The van der Waals surface area contributed by atoms with E-state index in [0.717, 1.165) is 28.7 Å². The molecule has 0 unspecified atom stereocenters. The molecule has 0 radical (unpaired) electrons.